The van der Waals surface area contributed by atoms with Gasteiger partial charge in [0, 0.05) is 25.3 Å². The molecule has 6 nitrogen and oxygen atoms in total. The van der Waals surface area contributed by atoms with E-state index in [4.69, 9.17) is 4.74 Å². The third kappa shape index (κ3) is 3.06. The third-order valence-electron chi connectivity index (χ3n) is 5.48. The van der Waals surface area contributed by atoms with Gasteiger partial charge in [-0.25, -0.2) is 4.68 Å². The molecule has 4 heterocycles. The van der Waals surface area contributed by atoms with Crippen molar-refractivity contribution in [1.29, 1.82) is 0 Å². The first-order valence-corrected chi connectivity index (χ1v) is 9.19. The van der Waals surface area contributed by atoms with Gasteiger partial charge in [0.05, 0.1) is 11.7 Å². The van der Waals surface area contributed by atoms with Crippen molar-refractivity contribution in [3.63, 3.8) is 0 Å². The molecule has 1 amide bonds. The maximum atomic E-state index is 13.4. The zero-order valence-corrected chi connectivity index (χ0v) is 14.6. The molecule has 4 atom stereocenters. The van der Waals surface area contributed by atoms with Crippen LogP contribution >= 0.6 is 0 Å². The summed E-state index contributed by atoms with van der Waals surface area (Å²) in [5, 5.41) is 7.35. The van der Waals surface area contributed by atoms with Crippen LogP contribution in [0.3, 0.4) is 0 Å². The van der Waals surface area contributed by atoms with E-state index in [1.165, 1.54) is 0 Å². The normalized spacial score (nSPS) is 31.8. The quantitative estimate of drug-likeness (QED) is 0.867. The standard InChI is InChI=1S/C17H23F3N4O2/c1-10-8-14(17(18,19)20)24-15(21-10)9-11(22-24)12-4-2-6-23(12)16(25)13-5-3-7-26-13/h9-10,12-14,21H,2-8H2,1H3/t10-,12?,13?,14-/m1/s1. The van der Waals surface area contributed by atoms with Crippen LogP contribution in [0.5, 0.6) is 0 Å². The van der Waals surface area contributed by atoms with E-state index in [9.17, 15) is 18.0 Å². The Balaban J connectivity index is 1.61. The molecule has 0 saturated carbocycles. The average molecular weight is 372 g/mol. The molecular weight excluding hydrogens is 349 g/mol. The minimum absolute atomic E-state index is 0.0547. The maximum absolute atomic E-state index is 13.4. The molecule has 3 aliphatic rings. The van der Waals surface area contributed by atoms with Crippen LogP contribution in [0.15, 0.2) is 6.07 Å². The molecule has 1 N–H and O–H groups in total. The molecule has 2 fully saturated rings. The summed E-state index contributed by atoms with van der Waals surface area (Å²) in [6.45, 7) is 2.92. The van der Waals surface area contributed by atoms with Gasteiger partial charge < -0.3 is 15.0 Å². The van der Waals surface area contributed by atoms with E-state index in [1.807, 2.05) is 0 Å². The second-order valence-electron chi connectivity index (χ2n) is 7.43. The molecule has 2 unspecified atom stereocenters. The molecule has 26 heavy (non-hydrogen) atoms. The van der Waals surface area contributed by atoms with Crippen LogP contribution in [-0.2, 0) is 9.53 Å². The van der Waals surface area contributed by atoms with Gasteiger partial charge in [-0.2, -0.15) is 18.3 Å². The van der Waals surface area contributed by atoms with E-state index in [1.54, 1.807) is 17.9 Å². The first kappa shape index (κ1) is 17.6. The first-order valence-electron chi connectivity index (χ1n) is 9.19. The Morgan fingerprint density at radius 1 is 1.35 bits per heavy atom. The number of likely N-dealkylation sites (tertiary alicyclic amines) is 1. The number of ether oxygens (including phenoxy) is 1. The Kier molecular flexibility index (Phi) is 4.37. The van der Waals surface area contributed by atoms with Gasteiger partial charge in [-0.3, -0.25) is 4.79 Å². The van der Waals surface area contributed by atoms with Crippen molar-refractivity contribution in [3.8, 4) is 0 Å². The number of nitrogens with zero attached hydrogens (tertiary/aromatic N) is 3. The SMILES string of the molecule is C[C@@H]1C[C@H](C(F)(F)F)n2nc(C3CCCN3C(=O)C3CCCO3)cc2N1. The van der Waals surface area contributed by atoms with Crippen molar-refractivity contribution in [1.82, 2.24) is 14.7 Å². The van der Waals surface area contributed by atoms with Crippen LogP contribution in [0.2, 0.25) is 0 Å². The van der Waals surface area contributed by atoms with Gasteiger partial charge in [-0.05, 0) is 39.0 Å². The fraction of sp³-hybridized carbons (Fsp3) is 0.765. The lowest BCUT2D eigenvalue weighted by atomic mass is 10.1. The summed E-state index contributed by atoms with van der Waals surface area (Å²) in [7, 11) is 0. The molecule has 2 saturated heterocycles. The number of rotatable bonds is 2. The fourth-order valence-corrected chi connectivity index (χ4v) is 4.24. The molecule has 4 rings (SSSR count). The Bertz CT molecular complexity index is 684. The van der Waals surface area contributed by atoms with Crippen molar-refractivity contribution >= 4 is 11.7 Å². The Hall–Kier alpha value is -1.77. The predicted molar refractivity (Wildman–Crippen MR) is 87.7 cm³/mol. The number of anilines is 1. The minimum Gasteiger partial charge on any atom is -0.368 e. The summed E-state index contributed by atoms with van der Waals surface area (Å²) in [4.78, 5) is 14.5. The summed E-state index contributed by atoms with van der Waals surface area (Å²) in [5.74, 6) is 0.308. The number of amides is 1. The van der Waals surface area contributed by atoms with Gasteiger partial charge in [0.2, 0.25) is 0 Å². The number of halogens is 3. The summed E-state index contributed by atoms with van der Waals surface area (Å²) in [6, 6.07) is -0.533. The Morgan fingerprint density at radius 3 is 2.85 bits per heavy atom. The lowest BCUT2D eigenvalue weighted by Gasteiger charge is -2.31. The van der Waals surface area contributed by atoms with Gasteiger partial charge in [0.1, 0.15) is 11.9 Å². The largest absolute Gasteiger partial charge is 0.410 e. The second kappa shape index (κ2) is 6.44. The minimum atomic E-state index is -4.35. The van der Waals surface area contributed by atoms with E-state index in [2.05, 4.69) is 10.4 Å². The van der Waals surface area contributed by atoms with Gasteiger partial charge in [-0.15, -0.1) is 0 Å². The highest BCUT2D eigenvalue weighted by Gasteiger charge is 2.46. The smallest absolute Gasteiger partial charge is 0.368 e. The zero-order valence-electron chi connectivity index (χ0n) is 14.6. The van der Waals surface area contributed by atoms with Gasteiger partial charge >= 0.3 is 6.18 Å². The topological polar surface area (TPSA) is 59.4 Å². The lowest BCUT2D eigenvalue weighted by Crippen LogP contribution is -2.39. The Labute approximate surface area is 149 Å². The van der Waals surface area contributed by atoms with Crippen LogP contribution in [0, 0.1) is 0 Å². The van der Waals surface area contributed by atoms with E-state index in [0.717, 1.165) is 17.5 Å². The number of nitrogens with one attached hydrogen (secondary N) is 1. The molecule has 0 radical (unpaired) electrons. The number of hydrogen-bond acceptors (Lipinski definition) is 4. The first-order chi connectivity index (χ1) is 12.3. The summed E-state index contributed by atoms with van der Waals surface area (Å²) >= 11 is 0. The molecule has 0 aromatic carbocycles. The highest BCUT2D eigenvalue weighted by atomic mass is 19.4. The number of aromatic nitrogens is 2. The molecule has 144 valence electrons. The molecule has 1 aromatic heterocycles. The predicted octanol–water partition coefficient (Wildman–Crippen LogP) is 3.03. The highest BCUT2D eigenvalue weighted by Crippen LogP contribution is 2.41. The Morgan fingerprint density at radius 2 is 2.15 bits per heavy atom. The average Bonchev–Trinajstić information content (AvgIpc) is 3.31. The van der Waals surface area contributed by atoms with Crippen LogP contribution in [0.4, 0.5) is 19.0 Å². The molecule has 0 aliphatic carbocycles. The van der Waals surface area contributed by atoms with Crippen LogP contribution in [0.25, 0.3) is 0 Å². The summed E-state index contributed by atoms with van der Waals surface area (Å²) < 4.78 is 46.8. The van der Waals surface area contributed by atoms with Gasteiger partial charge in [-0.1, -0.05) is 0 Å². The zero-order chi connectivity index (χ0) is 18.5. The van der Waals surface area contributed by atoms with Crippen LogP contribution in [-0.4, -0.2) is 52.1 Å². The van der Waals surface area contributed by atoms with Crippen LogP contribution in [0.1, 0.15) is 56.8 Å². The van der Waals surface area contributed by atoms with Crippen molar-refractivity contribution in [2.24, 2.45) is 0 Å². The van der Waals surface area contributed by atoms with Gasteiger partial charge in [0.25, 0.3) is 5.91 Å². The number of hydrogen-bond donors (Lipinski definition) is 1. The van der Waals surface area contributed by atoms with E-state index in [0.29, 0.717) is 37.5 Å². The van der Waals surface area contributed by atoms with Crippen molar-refractivity contribution < 1.29 is 22.7 Å². The lowest BCUT2D eigenvalue weighted by molar-refractivity contribution is -0.173. The van der Waals surface area contributed by atoms with Crippen LogP contribution < -0.4 is 5.32 Å². The molecule has 1 aromatic rings. The number of fused-ring (bicyclic) bond motifs is 1. The van der Waals surface area contributed by atoms with Crippen molar-refractivity contribution in [3.05, 3.63) is 11.8 Å². The third-order valence-corrected chi connectivity index (χ3v) is 5.48. The number of carbonyl (C=O) groups excluding carboxylic acids is 1. The summed E-state index contributed by atoms with van der Waals surface area (Å²) in [6.07, 6.45) is -1.73. The van der Waals surface area contributed by atoms with Crippen molar-refractivity contribution in [2.45, 2.75) is 69.4 Å². The molecular formula is C17H23F3N4O2. The van der Waals surface area contributed by atoms with E-state index >= 15 is 0 Å². The molecule has 3 aliphatic heterocycles. The highest BCUT2D eigenvalue weighted by molar-refractivity contribution is 5.82. The number of carbonyl (C=O) groups is 1. The number of alkyl halides is 3. The maximum Gasteiger partial charge on any atom is 0.410 e. The van der Waals surface area contributed by atoms with Gasteiger partial charge in [0.15, 0.2) is 6.04 Å². The molecule has 9 heteroatoms. The van der Waals surface area contributed by atoms with Crippen molar-refractivity contribution in [2.75, 3.05) is 18.5 Å². The summed E-state index contributed by atoms with van der Waals surface area (Å²) in [5.41, 5.74) is 0.527. The van der Waals surface area contributed by atoms with E-state index < -0.39 is 18.3 Å². The monoisotopic (exact) mass is 372 g/mol. The fourth-order valence-electron chi connectivity index (χ4n) is 4.24. The molecule has 0 spiro atoms. The molecule has 0 bridgehead atoms. The second-order valence-corrected chi connectivity index (χ2v) is 7.43. The van der Waals surface area contributed by atoms with E-state index in [-0.39, 0.29) is 24.4 Å².